The molecular formula is C30H46N4O6. The molecule has 1 aromatic carbocycles. The zero-order valence-electron chi connectivity index (χ0n) is 24.3. The van der Waals surface area contributed by atoms with E-state index in [0.29, 0.717) is 57.1 Å². The third-order valence-electron chi connectivity index (χ3n) is 8.48. The average Bonchev–Trinajstić information content (AvgIpc) is 3.54. The molecule has 1 aromatic rings. The number of carbonyl (C=O) groups excluding carboxylic acids is 2. The lowest BCUT2D eigenvalue weighted by atomic mass is 9.84. The van der Waals surface area contributed by atoms with E-state index in [0.717, 1.165) is 44.2 Å². The van der Waals surface area contributed by atoms with Crippen molar-refractivity contribution in [2.75, 3.05) is 66.7 Å². The van der Waals surface area contributed by atoms with Gasteiger partial charge in [-0.15, -0.1) is 0 Å². The number of piperidine rings is 1. The van der Waals surface area contributed by atoms with Crippen molar-refractivity contribution in [3.05, 3.63) is 23.8 Å². The molecule has 2 saturated heterocycles. The van der Waals surface area contributed by atoms with Gasteiger partial charge in [-0.3, -0.25) is 19.3 Å². The lowest BCUT2D eigenvalue weighted by Crippen LogP contribution is -2.46. The number of carbonyl (C=O) groups is 3. The molecule has 1 N–H and O–H groups in total. The summed E-state index contributed by atoms with van der Waals surface area (Å²) in [5.41, 5.74) is 0.875. The summed E-state index contributed by atoms with van der Waals surface area (Å²) in [6, 6.07) is 5.28. The number of unbranched alkanes of at least 4 members (excludes halogenated alkanes) is 1. The molecule has 10 heteroatoms. The van der Waals surface area contributed by atoms with Crippen LogP contribution in [0.3, 0.4) is 0 Å². The minimum atomic E-state index is -0.874. The van der Waals surface area contributed by atoms with Gasteiger partial charge in [-0.05, 0) is 70.4 Å². The Hall–Kier alpha value is -2.85. The smallest absolute Gasteiger partial charge is 0.308 e. The van der Waals surface area contributed by atoms with Gasteiger partial charge in [-0.2, -0.15) is 0 Å². The minimum absolute atomic E-state index is 0.0433. The summed E-state index contributed by atoms with van der Waals surface area (Å²) in [5, 5.41) is 10.5. The fourth-order valence-electron chi connectivity index (χ4n) is 6.28. The van der Waals surface area contributed by atoms with Gasteiger partial charge in [-0.1, -0.05) is 19.4 Å². The van der Waals surface area contributed by atoms with Crippen molar-refractivity contribution in [3.63, 3.8) is 0 Å². The quantitative estimate of drug-likeness (QED) is 0.372. The second kappa shape index (κ2) is 14.2. The molecule has 0 bridgehead atoms. The second-order valence-corrected chi connectivity index (χ2v) is 11.6. The van der Waals surface area contributed by atoms with Crippen molar-refractivity contribution in [1.29, 1.82) is 0 Å². The van der Waals surface area contributed by atoms with E-state index < -0.39 is 11.9 Å². The molecule has 3 atom stereocenters. The molecule has 222 valence electrons. The molecule has 2 fully saturated rings. The van der Waals surface area contributed by atoms with Crippen molar-refractivity contribution < 1.29 is 29.0 Å². The van der Waals surface area contributed by atoms with E-state index in [2.05, 4.69) is 16.7 Å². The summed E-state index contributed by atoms with van der Waals surface area (Å²) < 4.78 is 11.0. The van der Waals surface area contributed by atoms with Gasteiger partial charge in [0.2, 0.25) is 18.6 Å². The number of aliphatic carboxylic acids is 1. The zero-order chi connectivity index (χ0) is 28.6. The SMILES string of the molecule is CCCCN(CCCN(C)C)C(=O)CN1CC(c2ccc3c(c2)OCO3)C(C(=O)O)C1CCN1CCCCC1=O. The fourth-order valence-corrected chi connectivity index (χ4v) is 6.28. The number of carboxylic acid groups (broad SMARTS) is 1. The number of nitrogens with zero attached hydrogens (tertiary/aromatic N) is 4. The molecule has 3 unspecified atom stereocenters. The Morgan fingerprint density at radius 3 is 2.58 bits per heavy atom. The first-order valence-electron chi connectivity index (χ1n) is 14.8. The van der Waals surface area contributed by atoms with Crippen molar-refractivity contribution >= 4 is 17.8 Å². The van der Waals surface area contributed by atoms with Crippen molar-refractivity contribution in [1.82, 2.24) is 19.6 Å². The summed E-state index contributed by atoms with van der Waals surface area (Å²) in [7, 11) is 4.06. The molecule has 4 rings (SSSR count). The van der Waals surface area contributed by atoms with E-state index in [9.17, 15) is 19.5 Å². The standard InChI is InChI=1S/C30H46N4O6/c1-4-5-14-32(16-8-13-31(2)3)28(36)20-34-19-23(22-10-11-25-26(18-22)40-21-39-25)29(30(37)38)24(34)12-17-33-15-7-6-9-27(33)35/h10-11,18,23-24,29H,4-9,12-17,19-21H2,1-3H3,(H,37,38). The van der Waals surface area contributed by atoms with Crippen LogP contribution in [0.15, 0.2) is 18.2 Å². The maximum atomic E-state index is 13.7. The predicted molar refractivity (Wildman–Crippen MR) is 151 cm³/mol. The van der Waals surface area contributed by atoms with Gasteiger partial charge in [0.15, 0.2) is 11.5 Å². The predicted octanol–water partition coefficient (Wildman–Crippen LogP) is 2.87. The van der Waals surface area contributed by atoms with Gasteiger partial charge >= 0.3 is 5.97 Å². The monoisotopic (exact) mass is 558 g/mol. The molecular weight excluding hydrogens is 512 g/mol. The Morgan fingerprint density at radius 1 is 1.07 bits per heavy atom. The molecule has 3 heterocycles. The van der Waals surface area contributed by atoms with Gasteiger partial charge in [-0.25, -0.2) is 0 Å². The number of ether oxygens (including phenoxy) is 2. The molecule has 2 amide bonds. The van der Waals surface area contributed by atoms with E-state index in [1.165, 1.54) is 0 Å². The molecule has 0 spiro atoms. The Labute approximate surface area is 238 Å². The molecule has 0 aromatic heterocycles. The van der Waals surface area contributed by atoms with Crippen LogP contribution < -0.4 is 9.47 Å². The molecule has 3 aliphatic rings. The summed E-state index contributed by atoms with van der Waals surface area (Å²) >= 11 is 0. The topological polar surface area (TPSA) is 103 Å². The van der Waals surface area contributed by atoms with E-state index >= 15 is 0 Å². The van der Waals surface area contributed by atoms with Crippen molar-refractivity contribution in [3.8, 4) is 11.5 Å². The maximum Gasteiger partial charge on any atom is 0.308 e. The molecule has 3 aliphatic heterocycles. The van der Waals surface area contributed by atoms with Gasteiger partial charge in [0, 0.05) is 51.1 Å². The molecule has 0 radical (unpaired) electrons. The molecule has 0 aliphatic carbocycles. The number of amides is 2. The average molecular weight is 559 g/mol. The first-order valence-corrected chi connectivity index (χ1v) is 14.8. The van der Waals surface area contributed by atoms with Crippen LogP contribution >= 0.6 is 0 Å². The van der Waals surface area contributed by atoms with E-state index in [-0.39, 0.29) is 37.1 Å². The molecule has 0 saturated carbocycles. The fraction of sp³-hybridized carbons (Fsp3) is 0.700. The van der Waals surface area contributed by atoms with Gasteiger partial charge in [0.25, 0.3) is 0 Å². The van der Waals surface area contributed by atoms with Crippen LogP contribution in [0.2, 0.25) is 0 Å². The highest BCUT2D eigenvalue weighted by molar-refractivity contribution is 5.79. The molecule has 40 heavy (non-hydrogen) atoms. The number of rotatable bonds is 14. The Balaban J connectivity index is 1.55. The van der Waals surface area contributed by atoms with Crippen LogP contribution in [0.1, 0.15) is 63.4 Å². The van der Waals surface area contributed by atoms with Gasteiger partial charge < -0.3 is 29.3 Å². The van der Waals surface area contributed by atoms with Gasteiger partial charge in [0.1, 0.15) is 0 Å². The number of fused-ring (bicyclic) bond motifs is 1. The lowest BCUT2D eigenvalue weighted by Gasteiger charge is -2.32. The zero-order valence-corrected chi connectivity index (χ0v) is 24.3. The van der Waals surface area contributed by atoms with Crippen LogP contribution in [0, 0.1) is 5.92 Å². The second-order valence-electron chi connectivity index (χ2n) is 11.6. The first kappa shape index (κ1) is 30.1. The maximum absolute atomic E-state index is 13.7. The van der Waals surface area contributed by atoms with Crippen LogP contribution in [0.4, 0.5) is 0 Å². The summed E-state index contributed by atoms with van der Waals surface area (Å²) in [5.74, 6) is -0.421. The van der Waals surface area contributed by atoms with Crippen molar-refractivity contribution in [2.24, 2.45) is 5.92 Å². The highest BCUT2D eigenvalue weighted by Crippen LogP contribution is 2.42. The summed E-state index contributed by atoms with van der Waals surface area (Å²) in [4.78, 5) is 47.0. The van der Waals surface area contributed by atoms with Crippen molar-refractivity contribution in [2.45, 2.75) is 63.8 Å². The lowest BCUT2D eigenvalue weighted by molar-refractivity contribution is -0.144. The van der Waals surface area contributed by atoms with Gasteiger partial charge in [0.05, 0.1) is 12.5 Å². The third-order valence-corrected chi connectivity index (χ3v) is 8.48. The van der Waals surface area contributed by atoms with Crippen LogP contribution in [-0.2, 0) is 14.4 Å². The highest BCUT2D eigenvalue weighted by Gasteiger charge is 2.47. The molecule has 10 nitrogen and oxygen atoms in total. The normalized spacial score (nSPS) is 22.8. The minimum Gasteiger partial charge on any atom is -0.481 e. The van der Waals surface area contributed by atoms with E-state index in [1.54, 1.807) is 0 Å². The number of hydrogen-bond donors (Lipinski definition) is 1. The summed E-state index contributed by atoms with van der Waals surface area (Å²) in [6.45, 7) is 6.42. The number of hydrogen-bond acceptors (Lipinski definition) is 7. The number of benzene rings is 1. The van der Waals surface area contributed by atoms with E-state index in [4.69, 9.17) is 9.47 Å². The highest BCUT2D eigenvalue weighted by atomic mass is 16.7. The largest absolute Gasteiger partial charge is 0.481 e. The summed E-state index contributed by atoms with van der Waals surface area (Å²) in [6.07, 6.45) is 5.78. The third kappa shape index (κ3) is 7.46. The van der Waals surface area contributed by atoms with Crippen LogP contribution in [-0.4, -0.2) is 115 Å². The Bertz CT molecular complexity index is 1030. The van der Waals surface area contributed by atoms with Crippen LogP contribution in [0.25, 0.3) is 0 Å². The Kier molecular flexibility index (Phi) is 10.7. The number of carboxylic acids is 1. The van der Waals surface area contributed by atoms with Crippen LogP contribution in [0.5, 0.6) is 11.5 Å². The first-order chi connectivity index (χ1) is 19.3. The number of likely N-dealkylation sites (tertiary alicyclic amines) is 2. The van der Waals surface area contributed by atoms with E-state index in [1.807, 2.05) is 42.1 Å². The Morgan fingerprint density at radius 2 is 1.85 bits per heavy atom.